The van der Waals surface area contributed by atoms with Gasteiger partial charge in [0.05, 0.1) is 17.9 Å². The predicted molar refractivity (Wildman–Crippen MR) is 130 cm³/mol. The minimum atomic E-state index is -0.638. The van der Waals surface area contributed by atoms with E-state index in [1.54, 1.807) is 28.7 Å². The number of fused-ring (bicyclic) bond motifs is 1. The molecular formula is C24H24N8O4. The third-order valence-electron chi connectivity index (χ3n) is 6.27. The predicted octanol–water partition coefficient (Wildman–Crippen LogP) is 1.29. The zero-order valence-electron chi connectivity index (χ0n) is 19.7. The second kappa shape index (κ2) is 9.13. The summed E-state index contributed by atoms with van der Waals surface area (Å²) in [5, 5.41) is 9.77. The van der Waals surface area contributed by atoms with Crippen LogP contribution in [-0.2, 0) is 17.9 Å². The number of H-pyrrole nitrogens is 2. The second-order valence-electron chi connectivity index (χ2n) is 8.62. The van der Waals surface area contributed by atoms with Crippen molar-refractivity contribution in [1.29, 1.82) is 0 Å². The Kier molecular flexibility index (Phi) is 5.84. The molecule has 0 saturated carbocycles. The van der Waals surface area contributed by atoms with Gasteiger partial charge in [0, 0.05) is 42.3 Å². The lowest BCUT2D eigenvalue weighted by molar-refractivity contribution is -0.135. The lowest BCUT2D eigenvalue weighted by Crippen LogP contribution is -2.45. The molecule has 5 rings (SSSR count). The molecule has 4 heterocycles. The lowest BCUT2D eigenvalue weighted by Gasteiger charge is -2.34. The minimum absolute atomic E-state index is 0.207. The van der Waals surface area contributed by atoms with E-state index in [4.69, 9.17) is 0 Å². The number of hydrogen-bond donors (Lipinski definition) is 3. The quantitative estimate of drug-likeness (QED) is 0.385. The van der Waals surface area contributed by atoms with Crippen molar-refractivity contribution in [3.05, 3.63) is 86.8 Å². The van der Waals surface area contributed by atoms with Crippen LogP contribution in [0.2, 0.25) is 0 Å². The maximum atomic E-state index is 13.1. The van der Waals surface area contributed by atoms with E-state index in [1.807, 2.05) is 31.2 Å². The number of aromatic nitrogens is 6. The molecule has 3 aromatic heterocycles. The van der Waals surface area contributed by atoms with Crippen LogP contribution in [-0.4, -0.2) is 52.6 Å². The molecule has 0 fully saturated rings. The van der Waals surface area contributed by atoms with Crippen molar-refractivity contribution in [2.75, 3.05) is 11.9 Å². The molecule has 1 unspecified atom stereocenters. The molecule has 1 aromatic carbocycles. The fourth-order valence-electron chi connectivity index (χ4n) is 4.37. The number of hydrogen-bond acceptors (Lipinski definition) is 6. The summed E-state index contributed by atoms with van der Waals surface area (Å²) in [6, 6.07) is 8.85. The number of benzene rings is 1. The molecule has 1 aliphatic heterocycles. The zero-order chi connectivity index (χ0) is 25.4. The normalized spacial score (nSPS) is 14.9. The third-order valence-corrected chi connectivity index (χ3v) is 6.27. The van der Waals surface area contributed by atoms with Crippen molar-refractivity contribution in [1.82, 2.24) is 34.2 Å². The van der Waals surface area contributed by atoms with Crippen molar-refractivity contribution in [2.24, 2.45) is 0 Å². The van der Waals surface area contributed by atoms with Crippen molar-refractivity contribution in [3.63, 3.8) is 0 Å². The molecule has 12 nitrogen and oxygen atoms in total. The average Bonchev–Trinajstić information content (AvgIpc) is 3.54. The number of aromatic amines is 2. The summed E-state index contributed by atoms with van der Waals surface area (Å²) in [5.74, 6) is -0.0133. The zero-order valence-corrected chi connectivity index (χ0v) is 19.7. The molecule has 2 amide bonds. The van der Waals surface area contributed by atoms with E-state index in [0.717, 1.165) is 11.3 Å². The number of carbonyl (C=O) groups excluding carboxylic acids is 2. The van der Waals surface area contributed by atoms with Crippen LogP contribution in [0.5, 0.6) is 0 Å². The molecule has 0 aliphatic carbocycles. The maximum Gasteiger partial charge on any atom is 0.328 e. The van der Waals surface area contributed by atoms with Crippen molar-refractivity contribution < 1.29 is 9.59 Å². The van der Waals surface area contributed by atoms with Crippen molar-refractivity contribution >= 4 is 17.5 Å². The third kappa shape index (κ3) is 4.24. The van der Waals surface area contributed by atoms with Crippen LogP contribution in [0, 0.1) is 6.92 Å². The highest BCUT2D eigenvalue weighted by Crippen LogP contribution is 2.26. The van der Waals surface area contributed by atoms with Gasteiger partial charge in [0.15, 0.2) is 0 Å². The molecule has 0 radical (unpaired) electrons. The molecule has 36 heavy (non-hydrogen) atoms. The van der Waals surface area contributed by atoms with Gasteiger partial charge in [0.2, 0.25) is 5.91 Å². The Morgan fingerprint density at radius 2 is 2.03 bits per heavy atom. The van der Waals surface area contributed by atoms with Gasteiger partial charge in [-0.05, 0) is 32.0 Å². The highest BCUT2D eigenvalue weighted by atomic mass is 16.2. The summed E-state index contributed by atoms with van der Waals surface area (Å²) in [6.07, 6.45) is 4.54. The molecule has 1 aliphatic rings. The molecule has 0 saturated heterocycles. The molecular weight excluding hydrogens is 464 g/mol. The molecule has 0 bridgehead atoms. The second-order valence-corrected chi connectivity index (χ2v) is 8.62. The van der Waals surface area contributed by atoms with Gasteiger partial charge >= 0.3 is 5.69 Å². The summed E-state index contributed by atoms with van der Waals surface area (Å²) >= 11 is 0. The Hall–Kier alpha value is -4.74. The maximum absolute atomic E-state index is 13.1. The van der Waals surface area contributed by atoms with Crippen LogP contribution in [0.15, 0.2) is 58.5 Å². The summed E-state index contributed by atoms with van der Waals surface area (Å²) in [4.78, 5) is 58.0. The van der Waals surface area contributed by atoms with Crippen LogP contribution in [0.1, 0.15) is 34.8 Å². The lowest BCUT2D eigenvalue weighted by atomic mass is 10.1. The van der Waals surface area contributed by atoms with E-state index in [1.165, 1.54) is 17.0 Å². The molecule has 1 atom stereocenters. The van der Waals surface area contributed by atoms with Crippen molar-refractivity contribution in [3.8, 4) is 11.3 Å². The monoisotopic (exact) mass is 488 g/mol. The van der Waals surface area contributed by atoms with Gasteiger partial charge in [-0.2, -0.15) is 5.10 Å². The van der Waals surface area contributed by atoms with Gasteiger partial charge in [0.25, 0.3) is 11.5 Å². The topological polar surface area (TPSA) is 151 Å². The summed E-state index contributed by atoms with van der Waals surface area (Å²) in [7, 11) is 0. The van der Waals surface area contributed by atoms with Crippen LogP contribution in [0.25, 0.3) is 11.3 Å². The van der Waals surface area contributed by atoms with Crippen molar-refractivity contribution in [2.45, 2.75) is 33.0 Å². The van der Waals surface area contributed by atoms with E-state index in [2.05, 4.69) is 25.5 Å². The smallest absolute Gasteiger partial charge is 0.328 e. The van der Waals surface area contributed by atoms with Gasteiger partial charge in [0.1, 0.15) is 18.1 Å². The minimum Gasteiger partial charge on any atom is -0.329 e. The van der Waals surface area contributed by atoms with Gasteiger partial charge in [-0.1, -0.05) is 12.1 Å². The molecule has 12 heteroatoms. The Morgan fingerprint density at radius 1 is 1.19 bits per heavy atom. The Labute approximate surface area is 204 Å². The summed E-state index contributed by atoms with van der Waals surface area (Å²) in [5.41, 5.74) is 1.98. The van der Waals surface area contributed by atoms with E-state index in [-0.39, 0.29) is 18.4 Å². The SMILES string of the molecule is Cc1cn(CC(=O)N2CCn3c(C(=O)Nc4cccc(-c5ccn[nH]5)c4)cnc3C2C)c(=O)[nH]c1=O. The first-order valence-electron chi connectivity index (χ1n) is 11.4. The number of imidazole rings is 1. The van der Waals surface area contributed by atoms with Gasteiger partial charge < -0.3 is 14.8 Å². The van der Waals surface area contributed by atoms with Crippen LogP contribution in [0.3, 0.4) is 0 Å². The first-order valence-corrected chi connectivity index (χ1v) is 11.4. The number of nitrogens with zero attached hydrogens (tertiary/aromatic N) is 5. The molecule has 3 N–H and O–H groups in total. The molecule has 4 aromatic rings. The van der Waals surface area contributed by atoms with Gasteiger partial charge in [-0.15, -0.1) is 0 Å². The highest BCUT2D eigenvalue weighted by molar-refractivity contribution is 6.03. The molecule has 184 valence electrons. The van der Waals surface area contributed by atoms with Gasteiger partial charge in [-0.3, -0.25) is 29.0 Å². The number of rotatable bonds is 5. The fraction of sp³-hybridized carbons (Fsp3) is 0.250. The van der Waals surface area contributed by atoms with E-state index < -0.39 is 17.3 Å². The number of aryl methyl sites for hydroxylation is 1. The Morgan fingerprint density at radius 3 is 2.81 bits per heavy atom. The van der Waals surface area contributed by atoms with E-state index in [9.17, 15) is 19.2 Å². The summed E-state index contributed by atoms with van der Waals surface area (Å²) in [6.45, 7) is 3.91. The number of anilines is 1. The number of amides is 2. The van der Waals surface area contributed by atoms with Crippen LogP contribution >= 0.6 is 0 Å². The van der Waals surface area contributed by atoms with Crippen LogP contribution in [0.4, 0.5) is 5.69 Å². The first-order chi connectivity index (χ1) is 17.3. The highest BCUT2D eigenvalue weighted by Gasteiger charge is 2.32. The Balaban J connectivity index is 1.31. The van der Waals surface area contributed by atoms with E-state index >= 15 is 0 Å². The number of nitrogens with one attached hydrogen (secondary N) is 3. The number of carbonyl (C=O) groups is 2. The average molecular weight is 489 g/mol. The standard InChI is InChI=1S/C24H24N8O4/c1-14-12-30(24(36)28-22(14)34)13-20(33)31-8-9-32-19(11-25-21(32)15(31)2)23(35)27-17-5-3-4-16(10-17)18-6-7-26-29-18/h3-7,10-12,15H,8-9,13H2,1-2H3,(H,26,29)(H,27,35)(H,28,34,36). The largest absolute Gasteiger partial charge is 0.329 e. The van der Waals surface area contributed by atoms with Crippen LogP contribution < -0.4 is 16.6 Å². The fourth-order valence-corrected chi connectivity index (χ4v) is 4.37. The summed E-state index contributed by atoms with van der Waals surface area (Å²) < 4.78 is 2.99. The first kappa shape index (κ1) is 23.0. The Bertz CT molecular complexity index is 1560. The molecule has 0 spiro atoms. The van der Waals surface area contributed by atoms with Gasteiger partial charge in [-0.25, -0.2) is 9.78 Å². The van der Waals surface area contributed by atoms with E-state index in [0.29, 0.717) is 35.9 Å².